The van der Waals surface area contributed by atoms with Gasteiger partial charge in [-0.05, 0) is 151 Å². The molecule has 5 aliphatic carbocycles. The Kier molecular flexibility index (Phi) is 25.7. The quantitative estimate of drug-likeness (QED) is 0.0870. The summed E-state index contributed by atoms with van der Waals surface area (Å²) in [6, 6.07) is 0.645. The van der Waals surface area contributed by atoms with Crippen LogP contribution >= 0.6 is 0 Å². The van der Waals surface area contributed by atoms with Gasteiger partial charge in [0.1, 0.15) is 0 Å². The molecule has 6 fully saturated rings. The summed E-state index contributed by atoms with van der Waals surface area (Å²) in [6.45, 7) is 12.5. The number of allylic oxidation sites excluding steroid dienone is 15. The Morgan fingerprint density at radius 1 is 0.509 bits per heavy atom. The molecule has 0 bridgehead atoms. The van der Waals surface area contributed by atoms with Gasteiger partial charge in [0.2, 0.25) is 0 Å². The summed E-state index contributed by atoms with van der Waals surface area (Å²) >= 11 is 0. The van der Waals surface area contributed by atoms with Gasteiger partial charge in [0, 0.05) is 12.6 Å². The third-order valence-corrected chi connectivity index (χ3v) is 13.9. The van der Waals surface area contributed by atoms with Crippen molar-refractivity contribution < 1.29 is 17.1 Å². The zero-order valence-corrected chi connectivity index (χ0v) is 38.5. The first kappa shape index (κ1) is 51.2. The number of hydrogen-bond acceptors (Lipinski definition) is 2. The molecule has 0 radical (unpaired) electrons. The molecule has 0 aromatic carbocycles. The standard InChI is InChI=1S/C47H70N2.C5H10.2CH3.Fe/c1-6-9-10-11-12-13-20-38-30-42(17-7-2)45(31-38)27-25-40-32-43(21-16-22-47-35-48(4)36-49(47)5)46(34-40)28-24-39-29-41(8-3)44(33-39)26-23-37-18-14-15-19-37;1-2-4-5-3-1;;;/h6-8,10-11,13,16-17,20-21,23-28,37-47H,1,3,9,12,14-15,18-19,22,29-36H2,2,4-5H3;1-5H2;2*1H3;/q;;2*-1;+2/b11-10+,17-7+,20-13+,21-16+,26-23+,27-25+,28-24+;;;;. The Hall–Kier alpha value is -1.90. The van der Waals surface area contributed by atoms with Crippen molar-refractivity contribution in [3.63, 3.8) is 0 Å². The summed E-state index contributed by atoms with van der Waals surface area (Å²) in [5.41, 5.74) is 0. The van der Waals surface area contributed by atoms with Gasteiger partial charge in [0.15, 0.2) is 0 Å². The summed E-state index contributed by atoms with van der Waals surface area (Å²) in [5.74, 6) is 6.79. The van der Waals surface area contributed by atoms with E-state index in [0.29, 0.717) is 59.3 Å². The molecule has 6 rings (SSSR count). The maximum Gasteiger partial charge on any atom is 2.00 e. The van der Waals surface area contributed by atoms with Crippen LogP contribution in [0.3, 0.4) is 0 Å². The average Bonchev–Trinajstić information content (AvgIpc) is 4.03. The Morgan fingerprint density at radius 3 is 1.49 bits per heavy atom. The maximum absolute atomic E-state index is 4.25. The van der Waals surface area contributed by atoms with E-state index in [2.05, 4.69) is 135 Å². The molecule has 3 heteroatoms. The van der Waals surface area contributed by atoms with Gasteiger partial charge in [0.05, 0.1) is 6.67 Å². The van der Waals surface area contributed by atoms with Crippen molar-refractivity contribution in [2.24, 2.45) is 59.2 Å². The van der Waals surface area contributed by atoms with Crippen LogP contribution in [0.2, 0.25) is 0 Å². The molecule has 10 unspecified atom stereocenters. The van der Waals surface area contributed by atoms with Crippen LogP contribution in [0.15, 0.2) is 110 Å². The molecule has 0 N–H and O–H groups in total. The predicted octanol–water partition coefficient (Wildman–Crippen LogP) is 14.6. The monoisotopic (exact) mass is 819 g/mol. The molecule has 57 heavy (non-hydrogen) atoms. The molecule has 320 valence electrons. The fourth-order valence-corrected chi connectivity index (χ4v) is 10.8. The number of rotatable bonds is 16. The van der Waals surface area contributed by atoms with Crippen molar-refractivity contribution in [3.05, 3.63) is 125 Å². The molecule has 6 aliphatic rings. The largest absolute Gasteiger partial charge is 2.00 e. The van der Waals surface area contributed by atoms with E-state index in [4.69, 9.17) is 0 Å². The van der Waals surface area contributed by atoms with Crippen LogP contribution in [0.5, 0.6) is 0 Å². The Morgan fingerprint density at radius 2 is 0.982 bits per heavy atom. The van der Waals surface area contributed by atoms with E-state index in [1.807, 2.05) is 6.08 Å². The second kappa shape index (κ2) is 28.5. The molecule has 0 aromatic heterocycles. The smallest absolute Gasteiger partial charge is 0.358 e. The molecule has 1 saturated heterocycles. The minimum Gasteiger partial charge on any atom is -0.358 e. The van der Waals surface area contributed by atoms with Crippen LogP contribution < -0.4 is 0 Å². The Labute approximate surface area is 365 Å². The number of nitrogens with zero attached hydrogens (tertiary/aromatic N) is 2. The van der Waals surface area contributed by atoms with E-state index in [-0.39, 0.29) is 31.9 Å². The van der Waals surface area contributed by atoms with E-state index in [0.717, 1.165) is 25.4 Å². The number of hydrogen-bond donors (Lipinski definition) is 0. The molecule has 1 aliphatic heterocycles. The minimum atomic E-state index is 0. The van der Waals surface area contributed by atoms with Gasteiger partial charge in [-0.15, -0.1) is 13.2 Å². The molecule has 0 amide bonds. The average molecular weight is 819 g/mol. The van der Waals surface area contributed by atoms with Gasteiger partial charge in [-0.3, -0.25) is 9.80 Å². The molecule has 0 spiro atoms. The SMILES string of the molecule is C1CCCC1.C=CC/C=C/C/C=C/C1CC(/C=C/C)C(/C=C/C2CC(/C=C/CC3CN(C)CN3C)C(/C=C/C3CC(C=C)C(/C=C/C4CCCC4)C3)C2)C1.[CH3-].[CH3-].[Fe+2]. The van der Waals surface area contributed by atoms with Crippen LogP contribution in [0.1, 0.15) is 122 Å². The van der Waals surface area contributed by atoms with Gasteiger partial charge in [-0.2, -0.15) is 0 Å². The van der Waals surface area contributed by atoms with Gasteiger partial charge in [0.25, 0.3) is 0 Å². The van der Waals surface area contributed by atoms with E-state index < -0.39 is 0 Å². The number of likely N-dealkylation sites (N-methyl/N-ethyl adjacent to an activating group) is 2. The summed E-state index contributed by atoms with van der Waals surface area (Å²) in [4.78, 5) is 4.96. The third kappa shape index (κ3) is 17.3. The second-order valence-corrected chi connectivity index (χ2v) is 18.3. The van der Waals surface area contributed by atoms with Crippen LogP contribution in [0, 0.1) is 74.0 Å². The summed E-state index contributed by atoms with van der Waals surface area (Å²) in [6.07, 6.45) is 63.2. The Bertz CT molecular complexity index is 1300. The molecule has 5 saturated carbocycles. The molecule has 2 nitrogen and oxygen atoms in total. The third-order valence-electron chi connectivity index (χ3n) is 13.9. The van der Waals surface area contributed by atoms with Crippen LogP contribution in [0.4, 0.5) is 0 Å². The van der Waals surface area contributed by atoms with Crippen molar-refractivity contribution >= 4 is 0 Å². The van der Waals surface area contributed by atoms with Crippen molar-refractivity contribution in [2.75, 3.05) is 27.3 Å². The Balaban J connectivity index is 0.00000130. The summed E-state index contributed by atoms with van der Waals surface area (Å²) in [5, 5.41) is 0. The first-order valence-corrected chi connectivity index (χ1v) is 22.7. The van der Waals surface area contributed by atoms with Crippen molar-refractivity contribution in [2.45, 2.75) is 129 Å². The fourth-order valence-electron chi connectivity index (χ4n) is 10.8. The summed E-state index contributed by atoms with van der Waals surface area (Å²) < 4.78 is 0. The minimum absolute atomic E-state index is 0. The summed E-state index contributed by atoms with van der Waals surface area (Å²) in [7, 11) is 4.53. The molecular weight excluding hydrogens is 732 g/mol. The topological polar surface area (TPSA) is 6.48 Å². The van der Waals surface area contributed by atoms with Gasteiger partial charge >= 0.3 is 17.1 Å². The van der Waals surface area contributed by atoms with Crippen LogP contribution in [-0.2, 0) is 17.1 Å². The van der Waals surface area contributed by atoms with Crippen LogP contribution in [-0.4, -0.2) is 43.2 Å². The fraction of sp³-hybridized carbons (Fsp3) is 0.630. The molecular formula is C54H86FeN2. The van der Waals surface area contributed by atoms with E-state index >= 15 is 0 Å². The predicted molar refractivity (Wildman–Crippen MR) is 250 cm³/mol. The first-order valence-electron chi connectivity index (χ1n) is 22.7. The zero-order chi connectivity index (χ0) is 38.0. The van der Waals surface area contributed by atoms with Crippen LogP contribution in [0.25, 0.3) is 0 Å². The van der Waals surface area contributed by atoms with Crippen molar-refractivity contribution in [3.8, 4) is 0 Å². The van der Waals surface area contributed by atoms with E-state index in [1.165, 1.54) is 109 Å². The molecule has 1 heterocycles. The maximum atomic E-state index is 4.25. The second-order valence-electron chi connectivity index (χ2n) is 18.3. The molecule has 10 atom stereocenters. The van der Waals surface area contributed by atoms with Gasteiger partial charge in [-0.1, -0.05) is 142 Å². The van der Waals surface area contributed by atoms with E-state index in [1.54, 1.807) is 0 Å². The molecule has 0 aromatic rings. The zero-order valence-electron chi connectivity index (χ0n) is 37.4. The van der Waals surface area contributed by atoms with Crippen molar-refractivity contribution in [1.82, 2.24) is 9.80 Å². The normalized spacial score (nSPS) is 34.0. The van der Waals surface area contributed by atoms with Gasteiger partial charge < -0.3 is 14.9 Å². The first-order chi connectivity index (χ1) is 26.4. The van der Waals surface area contributed by atoms with E-state index in [9.17, 15) is 0 Å². The van der Waals surface area contributed by atoms with Crippen molar-refractivity contribution in [1.29, 1.82) is 0 Å². The van der Waals surface area contributed by atoms with Gasteiger partial charge in [-0.25, -0.2) is 0 Å².